The fourth-order valence-corrected chi connectivity index (χ4v) is 1.40. The van der Waals surface area contributed by atoms with Crippen molar-refractivity contribution >= 4 is 37.6 Å². The van der Waals surface area contributed by atoms with Gasteiger partial charge in [-0.15, -0.1) is 0 Å². The quantitative estimate of drug-likeness (QED) is 0.614. The minimum absolute atomic E-state index is 0.0324. The molecule has 1 aromatic rings. The maximum atomic E-state index is 11.1. The number of halogens is 2. The first kappa shape index (κ1) is 8.87. The van der Waals surface area contributed by atoms with Crippen molar-refractivity contribution in [3.63, 3.8) is 0 Å². The van der Waals surface area contributed by atoms with E-state index in [0.717, 1.165) is 4.47 Å². The lowest BCUT2D eigenvalue weighted by Gasteiger charge is -1.97. The summed E-state index contributed by atoms with van der Waals surface area (Å²) in [6.07, 6.45) is 3.18. The standard InChI is InChI=1S/C7H5Br2NO/c8-3-7(11)5-4-10-2-1-6(5)9/h1-2,4H,3H2. The number of carbonyl (C=O) groups excluding carboxylic acids is 1. The van der Waals surface area contributed by atoms with Gasteiger partial charge >= 0.3 is 0 Å². The van der Waals surface area contributed by atoms with Gasteiger partial charge in [0.15, 0.2) is 5.78 Å². The van der Waals surface area contributed by atoms with Crippen LogP contribution in [0.3, 0.4) is 0 Å². The number of Topliss-reactive ketones (excluding diaryl/α,β-unsaturated/α-hetero) is 1. The molecule has 11 heavy (non-hydrogen) atoms. The molecule has 0 N–H and O–H groups in total. The van der Waals surface area contributed by atoms with Crippen LogP contribution >= 0.6 is 31.9 Å². The molecule has 0 aliphatic rings. The number of aromatic nitrogens is 1. The van der Waals surface area contributed by atoms with Crippen molar-refractivity contribution in [2.45, 2.75) is 0 Å². The molecule has 1 aromatic heterocycles. The predicted octanol–water partition coefficient (Wildman–Crippen LogP) is 2.42. The Labute approximate surface area is 81.3 Å². The highest BCUT2D eigenvalue weighted by Gasteiger charge is 2.06. The van der Waals surface area contributed by atoms with Crippen LogP contribution in [0.5, 0.6) is 0 Å². The Balaban J connectivity index is 3.03. The largest absolute Gasteiger partial charge is 0.293 e. The second-order valence-corrected chi connectivity index (χ2v) is 3.33. The summed E-state index contributed by atoms with van der Waals surface area (Å²) in [5, 5.41) is 0.331. The number of nitrogens with zero attached hydrogens (tertiary/aromatic N) is 1. The van der Waals surface area contributed by atoms with Gasteiger partial charge in [-0.05, 0) is 22.0 Å². The lowest BCUT2D eigenvalue weighted by atomic mass is 10.2. The molecule has 1 heterocycles. The normalized spacial score (nSPS) is 9.64. The Morgan fingerprint density at radius 2 is 2.36 bits per heavy atom. The van der Waals surface area contributed by atoms with E-state index in [1.54, 1.807) is 18.5 Å². The van der Waals surface area contributed by atoms with Gasteiger partial charge in [-0.25, -0.2) is 0 Å². The number of ketones is 1. The Kier molecular flexibility index (Phi) is 3.20. The Hall–Kier alpha value is -0.220. The van der Waals surface area contributed by atoms with E-state index < -0.39 is 0 Å². The summed E-state index contributed by atoms with van der Waals surface area (Å²) >= 11 is 6.34. The molecule has 0 bridgehead atoms. The number of hydrogen-bond donors (Lipinski definition) is 0. The van der Waals surface area contributed by atoms with E-state index in [0.29, 0.717) is 10.9 Å². The minimum Gasteiger partial charge on any atom is -0.293 e. The van der Waals surface area contributed by atoms with Crippen molar-refractivity contribution < 1.29 is 4.79 Å². The monoisotopic (exact) mass is 277 g/mol. The molecule has 0 saturated heterocycles. The fourth-order valence-electron chi connectivity index (χ4n) is 0.655. The summed E-state index contributed by atoms with van der Waals surface area (Å²) < 4.78 is 0.789. The van der Waals surface area contributed by atoms with Crippen molar-refractivity contribution in [3.8, 4) is 0 Å². The van der Waals surface area contributed by atoms with Gasteiger partial charge in [-0.3, -0.25) is 9.78 Å². The number of carbonyl (C=O) groups is 1. The van der Waals surface area contributed by atoms with Crippen LogP contribution in [0.4, 0.5) is 0 Å². The van der Waals surface area contributed by atoms with Gasteiger partial charge in [0.05, 0.1) is 10.9 Å². The molecule has 0 fully saturated rings. The topological polar surface area (TPSA) is 30.0 Å². The van der Waals surface area contributed by atoms with E-state index in [1.165, 1.54) is 0 Å². The zero-order valence-corrected chi connectivity index (χ0v) is 8.72. The molecule has 0 aromatic carbocycles. The molecule has 4 heteroatoms. The van der Waals surface area contributed by atoms with Crippen molar-refractivity contribution in [1.29, 1.82) is 0 Å². The van der Waals surface area contributed by atoms with Crippen LogP contribution in [0, 0.1) is 0 Å². The highest BCUT2D eigenvalue weighted by Crippen LogP contribution is 2.15. The Morgan fingerprint density at radius 1 is 1.64 bits per heavy atom. The molecule has 0 aliphatic carbocycles. The predicted molar refractivity (Wildman–Crippen MR) is 50.1 cm³/mol. The van der Waals surface area contributed by atoms with Gasteiger partial charge in [0.1, 0.15) is 0 Å². The molecule has 0 unspecified atom stereocenters. The average Bonchev–Trinajstić information content (AvgIpc) is 2.04. The number of pyridine rings is 1. The van der Waals surface area contributed by atoms with Gasteiger partial charge in [-0.2, -0.15) is 0 Å². The molecule has 1 rings (SSSR count). The Bertz CT molecular complexity index is 275. The van der Waals surface area contributed by atoms with Crippen LogP contribution in [0.15, 0.2) is 22.9 Å². The molecule has 0 aliphatic heterocycles. The third-order valence-corrected chi connectivity index (χ3v) is 2.39. The maximum absolute atomic E-state index is 11.1. The first-order valence-corrected chi connectivity index (χ1v) is 4.86. The van der Waals surface area contributed by atoms with Crippen molar-refractivity contribution in [2.75, 3.05) is 5.33 Å². The lowest BCUT2D eigenvalue weighted by Crippen LogP contribution is -2.01. The van der Waals surface area contributed by atoms with Crippen LogP contribution < -0.4 is 0 Å². The molecule has 0 radical (unpaired) electrons. The van der Waals surface area contributed by atoms with E-state index in [-0.39, 0.29) is 5.78 Å². The third-order valence-electron chi connectivity index (χ3n) is 1.19. The summed E-state index contributed by atoms with van der Waals surface area (Å²) in [6, 6.07) is 1.75. The molecule has 2 nitrogen and oxygen atoms in total. The first-order valence-electron chi connectivity index (χ1n) is 2.94. The zero-order valence-electron chi connectivity index (χ0n) is 5.55. The van der Waals surface area contributed by atoms with Crippen LogP contribution in [-0.4, -0.2) is 16.1 Å². The zero-order chi connectivity index (χ0) is 8.27. The summed E-state index contributed by atoms with van der Waals surface area (Å²) in [5.74, 6) is 0.0324. The smallest absolute Gasteiger partial charge is 0.176 e. The van der Waals surface area contributed by atoms with Crippen LogP contribution in [0.25, 0.3) is 0 Å². The third kappa shape index (κ3) is 2.10. The van der Waals surface area contributed by atoms with Gasteiger partial charge in [-0.1, -0.05) is 15.9 Å². The molecule has 58 valence electrons. The van der Waals surface area contributed by atoms with Crippen LogP contribution in [-0.2, 0) is 0 Å². The number of hydrogen-bond acceptors (Lipinski definition) is 2. The molecule has 0 amide bonds. The van der Waals surface area contributed by atoms with E-state index >= 15 is 0 Å². The molecular weight excluding hydrogens is 274 g/mol. The van der Waals surface area contributed by atoms with Gasteiger partial charge in [0.2, 0.25) is 0 Å². The number of alkyl halides is 1. The Morgan fingerprint density at radius 3 is 2.91 bits per heavy atom. The average molecular weight is 279 g/mol. The van der Waals surface area contributed by atoms with Gasteiger partial charge in [0.25, 0.3) is 0 Å². The van der Waals surface area contributed by atoms with E-state index in [2.05, 4.69) is 36.8 Å². The number of rotatable bonds is 2. The van der Waals surface area contributed by atoms with Crippen LogP contribution in [0.1, 0.15) is 10.4 Å². The first-order chi connectivity index (χ1) is 5.25. The van der Waals surface area contributed by atoms with E-state index in [4.69, 9.17) is 0 Å². The van der Waals surface area contributed by atoms with E-state index in [1.807, 2.05) is 0 Å². The molecule has 0 saturated carbocycles. The minimum atomic E-state index is 0.0324. The summed E-state index contributed by atoms with van der Waals surface area (Å²) in [4.78, 5) is 15.0. The lowest BCUT2D eigenvalue weighted by molar-refractivity contribution is 0.102. The second-order valence-electron chi connectivity index (χ2n) is 1.91. The maximum Gasteiger partial charge on any atom is 0.176 e. The van der Waals surface area contributed by atoms with Gasteiger partial charge in [0, 0.05) is 16.9 Å². The highest BCUT2D eigenvalue weighted by molar-refractivity contribution is 9.10. The summed E-state index contributed by atoms with van der Waals surface area (Å²) in [5.41, 5.74) is 0.615. The van der Waals surface area contributed by atoms with Crippen molar-refractivity contribution in [3.05, 3.63) is 28.5 Å². The van der Waals surface area contributed by atoms with E-state index in [9.17, 15) is 4.79 Å². The van der Waals surface area contributed by atoms with Crippen LogP contribution in [0.2, 0.25) is 0 Å². The molecule has 0 atom stereocenters. The van der Waals surface area contributed by atoms with Gasteiger partial charge < -0.3 is 0 Å². The van der Waals surface area contributed by atoms with Crippen molar-refractivity contribution in [1.82, 2.24) is 4.98 Å². The second kappa shape index (κ2) is 3.97. The highest BCUT2D eigenvalue weighted by atomic mass is 79.9. The summed E-state index contributed by atoms with van der Waals surface area (Å²) in [7, 11) is 0. The summed E-state index contributed by atoms with van der Waals surface area (Å²) in [6.45, 7) is 0. The van der Waals surface area contributed by atoms with Crippen molar-refractivity contribution in [2.24, 2.45) is 0 Å². The molecule has 0 spiro atoms. The molecular formula is C7H5Br2NO. The fraction of sp³-hybridized carbons (Fsp3) is 0.143. The SMILES string of the molecule is O=C(CBr)c1cnccc1Br.